The number of benzene rings is 6. The van der Waals surface area contributed by atoms with E-state index in [9.17, 15) is 17.3 Å². The minimum absolute atomic E-state index is 0. The van der Waals surface area contributed by atoms with Crippen molar-refractivity contribution in [2.45, 2.75) is 48.8 Å². The van der Waals surface area contributed by atoms with Crippen LogP contribution in [0.3, 0.4) is 0 Å². The van der Waals surface area contributed by atoms with E-state index in [4.69, 9.17) is 0 Å². The molecule has 0 N–H and O–H groups in total. The Kier molecular flexibility index (Phi) is 14.9. The van der Waals surface area contributed by atoms with Crippen LogP contribution in [-0.2, 0) is 19.5 Å². The molecule has 56 heavy (non-hydrogen) atoms. The molecule has 8 heteroatoms. The van der Waals surface area contributed by atoms with Gasteiger partial charge >= 0.3 is 7.25 Å². The van der Waals surface area contributed by atoms with Crippen LogP contribution in [-0.4, -0.2) is 18.6 Å². The Hall–Kier alpha value is -3.93. The molecule has 0 saturated heterocycles. The summed E-state index contributed by atoms with van der Waals surface area (Å²) in [6.07, 6.45) is 14.0. The van der Waals surface area contributed by atoms with Crippen LogP contribution in [0.5, 0.6) is 0 Å². The smallest absolute Gasteiger partial charge is 0.418 e. The third-order valence-corrected chi connectivity index (χ3v) is 17.6. The predicted molar refractivity (Wildman–Crippen MR) is 232 cm³/mol. The van der Waals surface area contributed by atoms with Crippen molar-refractivity contribution < 1.29 is 36.7 Å². The number of hydrogen-bond acceptors (Lipinski definition) is 0. The van der Waals surface area contributed by atoms with Crippen LogP contribution in [0.1, 0.15) is 59.8 Å². The molecule has 0 aromatic heterocycles. The largest absolute Gasteiger partial charge is 0.673 e. The number of allylic oxidation sites excluding steroid dienone is 4. The van der Waals surface area contributed by atoms with E-state index in [1.165, 1.54) is 46.9 Å². The van der Waals surface area contributed by atoms with Crippen molar-refractivity contribution in [1.82, 2.24) is 0 Å². The summed E-state index contributed by atoms with van der Waals surface area (Å²) >= 11 is 0. The molecule has 1 radical (unpaired) electrons. The fourth-order valence-electron chi connectivity index (χ4n) is 8.80. The van der Waals surface area contributed by atoms with Gasteiger partial charge in [0.05, 0.1) is 48.9 Å². The predicted octanol–water partition coefficient (Wildman–Crippen LogP) is 11.7. The zero-order chi connectivity index (χ0) is 38.0. The molecule has 10 rings (SSSR count). The van der Waals surface area contributed by atoms with Gasteiger partial charge in [-0.3, -0.25) is 0 Å². The zero-order valence-corrected chi connectivity index (χ0v) is 34.7. The van der Waals surface area contributed by atoms with Crippen molar-refractivity contribution in [3.8, 4) is 0 Å². The minimum atomic E-state index is -6.00. The summed E-state index contributed by atoms with van der Waals surface area (Å²) in [5, 5.41) is 6.09. The first-order valence-corrected chi connectivity index (χ1v) is 22.4. The summed E-state index contributed by atoms with van der Waals surface area (Å²) in [6.45, 7) is 0. The molecular weight excluding hydrogens is 828 g/mol. The van der Waals surface area contributed by atoms with E-state index in [0.717, 1.165) is 0 Å². The maximum atomic E-state index is 9.75. The summed E-state index contributed by atoms with van der Waals surface area (Å²) in [4.78, 5) is 0. The Morgan fingerprint density at radius 2 is 0.536 bits per heavy atom. The Bertz CT molecular complexity index is 1870. The maximum absolute atomic E-state index is 9.75. The van der Waals surface area contributed by atoms with E-state index in [1.807, 2.05) is 0 Å². The molecule has 287 valence electrons. The second-order valence-electron chi connectivity index (χ2n) is 14.1. The molecular formula is C48H46BF4P2Rh+. The van der Waals surface area contributed by atoms with Gasteiger partial charge in [-0.05, 0) is 96.5 Å². The van der Waals surface area contributed by atoms with Gasteiger partial charge in [-0.1, -0.05) is 146 Å². The zero-order valence-electron chi connectivity index (χ0n) is 31.0. The maximum Gasteiger partial charge on any atom is 0.673 e. The summed E-state index contributed by atoms with van der Waals surface area (Å²) in [5.41, 5.74) is 7.23. The van der Waals surface area contributed by atoms with Crippen LogP contribution in [0.25, 0.3) is 0 Å². The van der Waals surface area contributed by atoms with E-state index in [0.29, 0.717) is 23.2 Å². The molecule has 4 aliphatic carbocycles. The van der Waals surface area contributed by atoms with Crippen LogP contribution >= 0.6 is 15.8 Å². The number of fused-ring (bicyclic) bond motifs is 1. The van der Waals surface area contributed by atoms with Crippen LogP contribution < -0.4 is 21.2 Å². The molecule has 6 aromatic carbocycles. The van der Waals surface area contributed by atoms with Crippen molar-refractivity contribution in [1.29, 1.82) is 0 Å². The molecule has 0 saturated carbocycles. The SMILES string of the molecule is C1=C\CC/C=C\CC/1.F[B-](F)(F)F.[Rh].c1ccc([PH+](c2ccccc2)[C@@H]2C3c4ccccc4C(c4ccccc43)[C@H]2[PH+](c2ccccc2)c2ccccc2)cc1. The van der Waals surface area contributed by atoms with Crippen molar-refractivity contribution in [2.75, 3.05) is 0 Å². The van der Waals surface area contributed by atoms with Crippen LogP contribution in [0.15, 0.2) is 194 Å². The van der Waals surface area contributed by atoms with E-state index in [-0.39, 0.29) is 19.5 Å². The Labute approximate surface area is 344 Å². The van der Waals surface area contributed by atoms with Crippen molar-refractivity contribution in [3.05, 3.63) is 216 Å². The van der Waals surface area contributed by atoms with Crippen LogP contribution in [0, 0.1) is 0 Å². The molecule has 2 bridgehead atoms. The molecule has 2 atom stereocenters. The molecule has 0 nitrogen and oxygen atoms in total. The average molecular weight is 875 g/mol. The van der Waals surface area contributed by atoms with E-state index in [2.05, 4.69) is 194 Å². The van der Waals surface area contributed by atoms with Gasteiger partial charge in [-0.25, -0.2) is 0 Å². The topological polar surface area (TPSA) is 0 Å². The van der Waals surface area contributed by atoms with Gasteiger partial charge in [-0.15, -0.1) is 0 Å². The molecule has 6 aromatic rings. The molecule has 0 heterocycles. The van der Waals surface area contributed by atoms with Gasteiger partial charge in [0.1, 0.15) is 11.3 Å². The molecule has 0 amide bonds. The first-order chi connectivity index (χ1) is 26.9. The summed E-state index contributed by atoms with van der Waals surface area (Å²) in [6, 6.07) is 64.9. The fraction of sp³-hybridized carbons (Fsp3) is 0.167. The van der Waals surface area contributed by atoms with Gasteiger partial charge < -0.3 is 17.3 Å². The average Bonchev–Trinajstić information content (AvgIpc) is 3.20. The van der Waals surface area contributed by atoms with Gasteiger partial charge in [0.25, 0.3) is 0 Å². The second kappa shape index (κ2) is 20.0. The van der Waals surface area contributed by atoms with Gasteiger partial charge in [0.15, 0.2) is 0 Å². The Morgan fingerprint density at radius 1 is 0.339 bits per heavy atom. The van der Waals surface area contributed by atoms with Gasteiger partial charge in [-0.2, -0.15) is 0 Å². The summed E-state index contributed by atoms with van der Waals surface area (Å²) in [5.74, 6) is 0.739. The summed E-state index contributed by atoms with van der Waals surface area (Å²) in [7, 11) is -8.39. The number of hydrogen-bond donors (Lipinski definition) is 0. The quantitative estimate of drug-likeness (QED) is 0.0677. The number of rotatable bonds is 6. The molecule has 4 aliphatic rings. The van der Waals surface area contributed by atoms with Crippen molar-refractivity contribution >= 4 is 44.3 Å². The van der Waals surface area contributed by atoms with Crippen LogP contribution in [0.4, 0.5) is 17.3 Å². The van der Waals surface area contributed by atoms with Crippen molar-refractivity contribution in [3.63, 3.8) is 0 Å². The minimum Gasteiger partial charge on any atom is -0.418 e. The molecule has 0 fully saturated rings. The number of halogens is 4. The van der Waals surface area contributed by atoms with Gasteiger partial charge in [0, 0.05) is 19.5 Å². The van der Waals surface area contributed by atoms with E-state index in [1.54, 1.807) is 22.3 Å². The van der Waals surface area contributed by atoms with E-state index >= 15 is 0 Å². The molecule has 0 spiro atoms. The van der Waals surface area contributed by atoms with Crippen molar-refractivity contribution in [2.24, 2.45) is 0 Å². The Morgan fingerprint density at radius 3 is 0.750 bits per heavy atom. The molecule has 0 unspecified atom stereocenters. The normalized spacial score (nSPS) is 20.3. The van der Waals surface area contributed by atoms with E-state index < -0.39 is 23.1 Å². The van der Waals surface area contributed by atoms with Gasteiger partial charge in [0.2, 0.25) is 0 Å². The molecule has 0 aliphatic heterocycles. The third-order valence-electron chi connectivity index (χ3n) is 10.8. The monoisotopic (exact) mass is 874 g/mol. The summed E-state index contributed by atoms with van der Waals surface area (Å²) < 4.78 is 39.0. The first kappa shape index (κ1) is 41.7. The fourth-order valence-corrected chi connectivity index (χ4v) is 16.7. The Balaban J connectivity index is 0.000000326. The van der Waals surface area contributed by atoms with Crippen LogP contribution in [0.2, 0.25) is 0 Å². The first-order valence-electron chi connectivity index (χ1n) is 19.2. The third kappa shape index (κ3) is 9.95. The second-order valence-corrected chi connectivity index (χ2v) is 19.4. The standard InChI is InChI=1S/C40H32P2.C8H12.BF4.Rh/c1-5-17-29(18-6-1)41(30-19-7-2-8-20-30)39-37-33-25-13-15-27-35(33)38(36-28-16-14-26-34(36)37)40(39)42(31-21-9-3-10-22-31)32-23-11-4-12-24-32;1-2-4-6-8-7-5-3-1;2-1(3,4)5;/h1-28,37-40H;1-2,7-8H,3-6H2;;/q;;-1;/p+2/b;2-1-,8-7-;;/t37?,38?,39-,40-;;;/m1.../s1.